The molecule has 1 unspecified atom stereocenters. The van der Waals surface area contributed by atoms with Gasteiger partial charge in [0.25, 0.3) is 0 Å². The van der Waals surface area contributed by atoms with Gasteiger partial charge in [-0.2, -0.15) is 0 Å². The lowest BCUT2D eigenvalue weighted by molar-refractivity contribution is 0.0374. The van der Waals surface area contributed by atoms with Gasteiger partial charge in [0.15, 0.2) is 0 Å². The first-order chi connectivity index (χ1) is 8.43. The van der Waals surface area contributed by atoms with Crippen molar-refractivity contribution in [1.29, 1.82) is 0 Å². The molecule has 0 heterocycles. The molecule has 96 valence electrons. The summed E-state index contributed by atoms with van der Waals surface area (Å²) in [7, 11) is 0. The SMILES string of the molecule is IPOCCCOCCOCc1ccccc1. The van der Waals surface area contributed by atoms with Crippen LogP contribution in [0, 0.1) is 0 Å². The third-order valence-electron chi connectivity index (χ3n) is 2.07. The summed E-state index contributed by atoms with van der Waals surface area (Å²) in [6, 6.07) is 10.2. The van der Waals surface area contributed by atoms with E-state index >= 15 is 0 Å². The van der Waals surface area contributed by atoms with Gasteiger partial charge in [0.1, 0.15) is 0 Å². The Hall–Kier alpha value is 0.260. The second kappa shape index (κ2) is 11.4. The molecule has 1 aromatic rings. The quantitative estimate of drug-likeness (QED) is 0.359. The van der Waals surface area contributed by atoms with E-state index in [9.17, 15) is 0 Å². The summed E-state index contributed by atoms with van der Waals surface area (Å²) in [5.74, 6) is 0. The molecule has 0 aliphatic rings. The highest BCUT2D eigenvalue weighted by molar-refractivity contribution is 14.2. The summed E-state index contributed by atoms with van der Waals surface area (Å²) in [5.41, 5.74) is 1.20. The Kier molecular flexibility index (Phi) is 10.2. The van der Waals surface area contributed by atoms with Crippen LogP contribution in [0.15, 0.2) is 30.3 Å². The van der Waals surface area contributed by atoms with Gasteiger partial charge in [-0.05, 0) is 34.0 Å². The monoisotopic (exact) mass is 368 g/mol. The fourth-order valence-corrected chi connectivity index (χ4v) is 2.14. The Labute approximate surface area is 118 Å². The molecule has 0 aliphatic heterocycles. The number of rotatable bonds is 10. The molecule has 17 heavy (non-hydrogen) atoms. The second-order valence-corrected chi connectivity index (χ2v) is 5.19. The van der Waals surface area contributed by atoms with Gasteiger partial charge in [0, 0.05) is 6.61 Å². The average molecular weight is 368 g/mol. The molecular formula is C12H18IO3P. The minimum absolute atomic E-state index is 0.544. The smallest absolute Gasteiger partial charge is 0.0793 e. The predicted molar refractivity (Wildman–Crippen MR) is 79.8 cm³/mol. The van der Waals surface area contributed by atoms with Crippen molar-refractivity contribution in [2.24, 2.45) is 0 Å². The Bertz CT molecular complexity index is 272. The molecule has 0 N–H and O–H groups in total. The van der Waals surface area contributed by atoms with Crippen molar-refractivity contribution in [3.8, 4) is 0 Å². The molecule has 0 aromatic heterocycles. The maximum absolute atomic E-state index is 5.49. The van der Waals surface area contributed by atoms with E-state index in [1.54, 1.807) is 0 Å². The molecule has 0 spiro atoms. The van der Waals surface area contributed by atoms with Crippen molar-refractivity contribution in [1.82, 2.24) is 0 Å². The fourth-order valence-electron chi connectivity index (χ4n) is 1.26. The van der Waals surface area contributed by atoms with Crippen LogP contribution in [0.3, 0.4) is 0 Å². The fraction of sp³-hybridized carbons (Fsp3) is 0.500. The summed E-state index contributed by atoms with van der Waals surface area (Å²) in [5, 5.41) is 0. The Morgan fingerprint density at radius 2 is 1.71 bits per heavy atom. The first-order valence-corrected chi connectivity index (χ1v) is 9.62. The number of benzene rings is 1. The van der Waals surface area contributed by atoms with Crippen molar-refractivity contribution in [3.63, 3.8) is 0 Å². The van der Waals surface area contributed by atoms with Crippen molar-refractivity contribution in [2.75, 3.05) is 26.4 Å². The summed E-state index contributed by atoms with van der Waals surface area (Å²) in [6.45, 7) is 4.02. The molecule has 0 saturated heterocycles. The van der Waals surface area contributed by atoms with Crippen LogP contribution in [-0.4, -0.2) is 26.4 Å². The highest BCUT2D eigenvalue weighted by Crippen LogP contribution is 2.21. The molecule has 0 radical (unpaired) electrons. The summed E-state index contributed by atoms with van der Waals surface area (Å²) in [6.07, 6.45) is 0.953. The van der Waals surface area contributed by atoms with E-state index in [1.807, 2.05) is 18.2 Å². The van der Waals surface area contributed by atoms with Crippen LogP contribution in [0.25, 0.3) is 0 Å². The Balaban J connectivity index is 1.85. The van der Waals surface area contributed by atoms with Gasteiger partial charge in [-0.3, -0.25) is 0 Å². The molecule has 3 nitrogen and oxygen atoms in total. The van der Waals surface area contributed by atoms with Crippen molar-refractivity contribution in [2.45, 2.75) is 13.0 Å². The van der Waals surface area contributed by atoms with Gasteiger partial charge in [-0.1, -0.05) is 30.3 Å². The van der Waals surface area contributed by atoms with Crippen LogP contribution >= 0.6 is 28.5 Å². The van der Waals surface area contributed by atoms with E-state index in [2.05, 4.69) is 34.2 Å². The van der Waals surface area contributed by atoms with Crippen molar-refractivity contribution in [3.05, 3.63) is 35.9 Å². The maximum Gasteiger partial charge on any atom is 0.0793 e. The van der Waals surface area contributed by atoms with E-state index in [1.165, 1.54) is 5.56 Å². The summed E-state index contributed by atoms with van der Waals surface area (Å²) in [4.78, 5) is 0. The molecule has 0 amide bonds. The minimum atomic E-state index is 0.544. The van der Waals surface area contributed by atoms with Crippen LogP contribution in [0.1, 0.15) is 12.0 Å². The molecule has 1 aromatic carbocycles. The maximum atomic E-state index is 5.49. The zero-order valence-corrected chi connectivity index (χ0v) is 12.9. The van der Waals surface area contributed by atoms with Crippen LogP contribution in [0.4, 0.5) is 0 Å². The third kappa shape index (κ3) is 8.91. The number of hydrogen-bond acceptors (Lipinski definition) is 3. The zero-order valence-electron chi connectivity index (χ0n) is 9.73. The van der Waals surface area contributed by atoms with Crippen LogP contribution in [0.2, 0.25) is 0 Å². The van der Waals surface area contributed by atoms with Gasteiger partial charge >= 0.3 is 0 Å². The summed E-state index contributed by atoms with van der Waals surface area (Å²) < 4.78 is 16.1. The van der Waals surface area contributed by atoms with Gasteiger partial charge in [0.2, 0.25) is 0 Å². The highest BCUT2D eigenvalue weighted by atomic mass is 127. The Morgan fingerprint density at radius 3 is 2.47 bits per heavy atom. The Morgan fingerprint density at radius 1 is 0.941 bits per heavy atom. The zero-order chi connectivity index (χ0) is 12.2. The van der Waals surface area contributed by atoms with E-state index in [0.29, 0.717) is 26.3 Å². The van der Waals surface area contributed by atoms with Crippen molar-refractivity contribution >= 4 is 28.5 Å². The molecular weight excluding hydrogens is 350 g/mol. The number of ether oxygens (including phenoxy) is 2. The van der Waals surface area contributed by atoms with Crippen LogP contribution in [0.5, 0.6) is 0 Å². The van der Waals surface area contributed by atoms with Crippen molar-refractivity contribution < 1.29 is 14.0 Å². The molecule has 0 bridgehead atoms. The van der Waals surface area contributed by atoms with Crippen LogP contribution < -0.4 is 0 Å². The first kappa shape index (κ1) is 15.3. The molecule has 0 saturated carbocycles. The van der Waals surface area contributed by atoms with Gasteiger partial charge in [-0.25, -0.2) is 0 Å². The third-order valence-corrected chi connectivity index (χ3v) is 3.32. The summed E-state index contributed by atoms with van der Waals surface area (Å²) >= 11 is 2.22. The van der Waals surface area contributed by atoms with Gasteiger partial charge < -0.3 is 14.0 Å². The second-order valence-electron chi connectivity index (χ2n) is 3.43. The average Bonchev–Trinajstić information content (AvgIpc) is 2.38. The lowest BCUT2D eigenvalue weighted by Crippen LogP contribution is -2.06. The van der Waals surface area contributed by atoms with E-state index < -0.39 is 0 Å². The first-order valence-electron chi connectivity index (χ1n) is 5.60. The lowest BCUT2D eigenvalue weighted by Gasteiger charge is -2.05. The standard InChI is InChI=1S/C12H18IO3P/c13-17-16-8-4-7-14-9-10-15-11-12-5-2-1-3-6-12/h1-3,5-6,17H,4,7-11H2. The molecule has 0 aliphatic carbocycles. The minimum Gasteiger partial charge on any atom is -0.379 e. The molecule has 1 rings (SSSR count). The van der Waals surface area contributed by atoms with E-state index in [0.717, 1.165) is 19.6 Å². The number of hydrogen-bond donors (Lipinski definition) is 0. The predicted octanol–water partition coefficient (Wildman–Crippen LogP) is 3.57. The van der Waals surface area contributed by atoms with E-state index in [4.69, 9.17) is 14.0 Å². The normalized spacial score (nSPS) is 11.4. The lowest BCUT2D eigenvalue weighted by atomic mass is 10.2. The van der Waals surface area contributed by atoms with E-state index in [-0.39, 0.29) is 0 Å². The molecule has 1 atom stereocenters. The van der Waals surface area contributed by atoms with Gasteiger partial charge in [0.05, 0.1) is 32.9 Å². The largest absolute Gasteiger partial charge is 0.379 e. The highest BCUT2D eigenvalue weighted by Gasteiger charge is 1.93. The molecule has 0 fully saturated rings. The molecule has 5 heteroatoms. The topological polar surface area (TPSA) is 27.7 Å². The van der Waals surface area contributed by atoms with Crippen LogP contribution in [-0.2, 0) is 20.6 Å². The number of halogens is 1. The van der Waals surface area contributed by atoms with Gasteiger partial charge in [-0.15, -0.1) is 0 Å².